The Hall–Kier alpha value is -1.75. The number of methoxy groups -OCH3 is 2. The summed E-state index contributed by atoms with van der Waals surface area (Å²) in [6.45, 7) is 3.70. The van der Waals surface area contributed by atoms with Gasteiger partial charge in [-0.1, -0.05) is 6.07 Å². The van der Waals surface area contributed by atoms with Gasteiger partial charge in [0.15, 0.2) is 0 Å². The van der Waals surface area contributed by atoms with Crippen molar-refractivity contribution in [1.82, 2.24) is 5.32 Å². The van der Waals surface area contributed by atoms with Gasteiger partial charge in [-0.2, -0.15) is 0 Å². The van der Waals surface area contributed by atoms with Crippen LogP contribution in [0.3, 0.4) is 0 Å². The highest BCUT2D eigenvalue weighted by atomic mass is 16.5. The molecule has 0 atom stereocenters. The maximum absolute atomic E-state index is 11.2. The second kappa shape index (κ2) is 9.20. The van der Waals surface area contributed by atoms with Crippen LogP contribution in [0.5, 0.6) is 11.5 Å². The van der Waals surface area contributed by atoms with E-state index < -0.39 is 0 Å². The highest BCUT2D eigenvalue weighted by Crippen LogP contribution is 2.24. The molecule has 0 unspecified atom stereocenters. The van der Waals surface area contributed by atoms with Gasteiger partial charge < -0.3 is 19.5 Å². The Bertz CT molecular complexity index is 420. The monoisotopic (exact) mass is 281 g/mol. The van der Waals surface area contributed by atoms with E-state index in [1.54, 1.807) is 14.2 Å². The van der Waals surface area contributed by atoms with Crippen molar-refractivity contribution in [3.63, 3.8) is 0 Å². The summed E-state index contributed by atoms with van der Waals surface area (Å²) in [5, 5.41) is 3.28. The predicted octanol–water partition coefficient (Wildman–Crippen LogP) is 2.14. The summed E-state index contributed by atoms with van der Waals surface area (Å²) < 4.78 is 15.3. The van der Waals surface area contributed by atoms with Crippen LogP contribution in [0.2, 0.25) is 0 Å². The van der Waals surface area contributed by atoms with Crippen molar-refractivity contribution in [1.29, 1.82) is 0 Å². The lowest BCUT2D eigenvalue weighted by atomic mass is 10.2. The molecule has 0 heterocycles. The predicted molar refractivity (Wildman–Crippen MR) is 77.1 cm³/mol. The summed E-state index contributed by atoms with van der Waals surface area (Å²) in [6.07, 6.45) is 1.21. The maximum atomic E-state index is 11.2. The van der Waals surface area contributed by atoms with Gasteiger partial charge in [-0.05, 0) is 26.0 Å². The van der Waals surface area contributed by atoms with Crippen LogP contribution in [0.1, 0.15) is 25.3 Å². The van der Waals surface area contributed by atoms with Gasteiger partial charge in [-0.3, -0.25) is 4.79 Å². The normalized spacial score (nSPS) is 10.2. The minimum absolute atomic E-state index is 0.142. The molecule has 20 heavy (non-hydrogen) atoms. The van der Waals surface area contributed by atoms with Crippen LogP contribution in [-0.4, -0.2) is 33.3 Å². The quantitative estimate of drug-likeness (QED) is 0.555. The van der Waals surface area contributed by atoms with E-state index >= 15 is 0 Å². The van der Waals surface area contributed by atoms with Gasteiger partial charge in [0.05, 0.1) is 20.8 Å². The van der Waals surface area contributed by atoms with Gasteiger partial charge in [0.2, 0.25) is 0 Å². The zero-order valence-electron chi connectivity index (χ0n) is 12.4. The Morgan fingerprint density at radius 1 is 1.25 bits per heavy atom. The Kier molecular flexibility index (Phi) is 7.50. The second-order valence-electron chi connectivity index (χ2n) is 4.26. The summed E-state index contributed by atoms with van der Waals surface area (Å²) in [5.74, 6) is 1.42. The van der Waals surface area contributed by atoms with Crippen molar-refractivity contribution in [3.05, 3.63) is 23.8 Å². The fourth-order valence-corrected chi connectivity index (χ4v) is 1.81. The van der Waals surface area contributed by atoms with E-state index in [1.165, 1.54) is 0 Å². The molecule has 0 amide bonds. The number of esters is 1. The first-order valence-electron chi connectivity index (χ1n) is 6.78. The number of benzene rings is 1. The van der Waals surface area contributed by atoms with E-state index in [9.17, 15) is 4.79 Å². The molecular formula is C15H23NO4. The van der Waals surface area contributed by atoms with Gasteiger partial charge in [0.25, 0.3) is 0 Å². The van der Waals surface area contributed by atoms with Gasteiger partial charge in [-0.15, -0.1) is 0 Å². The minimum Gasteiger partial charge on any atom is -0.497 e. The van der Waals surface area contributed by atoms with E-state index in [0.29, 0.717) is 19.6 Å². The number of carbonyl (C=O) groups excluding carboxylic acids is 1. The van der Waals surface area contributed by atoms with Gasteiger partial charge >= 0.3 is 5.97 Å². The molecule has 1 aromatic carbocycles. The summed E-state index contributed by atoms with van der Waals surface area (Å²) in [6, 6.07) is 5.73. The third-order valence-corrected chi connectivity index (χ3v) is 2.85. The standard InChI is InChI=1S/C15H23NO4/c1-4-20-15(17)6-5-9-16-11-12-7-8-13(18-2)10-14(12)19-3/h7-8,10,16H,4-6,9,11H2,1-3H3. The third-order valence-electron chi connectivity index (χ3n) is 2.85. The largest absolute Gasteiger partial charge is 0.497 e. The van der Waals surface area contributed by atoms with Crippen molar-refractivity contribution in [3.8, 4) is 11.5 Å². The fraction of sp³-hybridized carbons (Fsp3) is 0.533. The molecule has 0 aliphatic heterocycles. The van der Waals surface area contributed by atoms with E-state index in [2.05, 4.69) is 5.32 Å². The second-order valence-corrected chi connectivity index (χ2v) is 4.26. The minimum atomic E-state index is -0.142. The number of hydrogen-bond donors (Lipinski definition) is 1. The Labute approximate surface area is 120 Å². The molecule has 5 nitrogen and oxygen atoms in total. The lowest BCUT2D eigenvalue weighted by Gasteiger charge is -2.11. The molecule has 1 N–H and O–H groups in total. The van der Waals surface area contributed by atoms with Crippen molar-refractivity contribution < 1.29 is 19.0 Å². The summed E-state index contributed by atoms with van der Waals surface area (Å²) in [7, 11) is 3.26. The van der Waals surface area contributed by atoms with Gasteiger partial charge in [0.1, 0.15) is 11.5 Å². The zero-order valence-corrected chi connectivity index (χ0v) is 12.4. The Morgan fingerprint density at radius 3 is 2.70 bits per heavy atom. The van der Waals surface area contributed by atoms with Crippen LogP contribution in [-0.2, 0) is 16.1 Å². The summed E-state index contributed by atoms with van der Waals surface area (Å²) in [4.78, 5) is 11.2. The molecule has 0 saturated carbocycles. The first-order chi connectivity index (χ1) is 9.71. The first-order valence-corrected chi connectivity index (χ1v) is 6.78. The smallest absolute Gasteiger partial charge is 0.305 e. The molecule has 112 valence electrons. The zero-order chi connectivity index (χ0) is 14.8. The number of rotatable bonds is 9. The number of nitrogens with one attached hydrogen (secondary N) is 1. The third kappa shape index (κ3) is 5.48. The molecule has 0 radical (unpaired) electrons. The van der Waals surface area contributed by atoms with Crippen molar-refractivity contribution >= 4 is 5.97 Å². The molecule has 0 aliphatic carbocycles. The molecule has 0 spiro atoms. The van der Waals surface area contributed by atoms with Gasteiger partial charge in [-0.25, -0.2) is 0 Å². The van der Waals surface area contributed by atoms with Gasteiger partial charge in [0, 0.05) is 24.6 Å². The summed E-state index contributed by atoms with van der Waals surface area (Å²) in [5.41, 5.74) is 1.06. The molecule has 0 aromatic heterocycles. The van der Waals surface area contributed by atoms with Crippen molar-refractivity contribution in [2.24, 2.45) is 0 Å². The first kappa shape index (κ1) is 16.3. The van der Waals surface area contributed by atoms with Crippen LogP contribution in [0.4, 0.5) is 0 Å². The molecule has 1 rings (SSSR count). The number of ether oxygens (including phenoxy) is 3. The van der Waals surface area contributed by atoms with Crippen LogP contribution in [0.25, 0.3) is 0 Å². The number of hydrogen-bond acceptors (Lipinski definition) is 5. The van der Waals surface area contributed by atoms with Crippen LogP contribution in [0, 0.1) is 0 Å². The van der Waals surface area contributed by atoms with Crippen LogP contribution in [0.15, 0.2) is 18.2 Å². The van der Waals surface area contributed by atoms with Crippen LogP contribution >= 0.6 is 0 Å². The maximum Gasteiger partial charge on any atom is 0.305 e. The molecule has 0 bridgehead atoms. The molecule has 1 aromatic rings. The van der Waals surface area contributed by atoms with E-state index in [4.69, 9.17) is 14.2 Å². The molecule has 0 saturated heterocycles. The van der Waals surface area contributed by atoms with E-state index in [-0.39, 0.29) is 5.97 Å². The van der Waals surface area contributed by atoms with Crippen LogP contribution < -0.4 is 14.8 Å². The number of carbonyl (C=O) groups is 1. The SMILES string of the molecule is CCOC(=O)CCCNCc1ccc(OC)cc1OC. The molecular weight excluding hydrogens is 258 g/mol. The highest BCUT2D eigenvalue weighted by Gasteiger charge is 2.05. The molecule has 5 heteroatoms. The Morgan fingerprint density at radius 2 is 2.05 bits per heavy atom. The molecule has 0 fully saturated rings. The van der Waals surface area contributed by atoms with Crippen molar-refractivity contribution in [2.75, 3.05) is 27.4 Å². The van der Waals surface area contributed by atoms with E-state index in [1.807, 2.05) is 25.1 Å². The highest BCUT2D eigenvalue weighted by molar-refractivity contribution is 5.69. The van der Waals surface area contributed by atoms with E-state index in [0.717, 1.165) is 30.0 Å². The summed E-state index contributed by atoms with van der Waals surface area (Å²) >= 11 is 0. The molecule has 0 aliphatic rings. The van der Waals surface area contributed by atoms with Crippen molar-refractivity contribution in [2.45, 2.75) is 26.3 Å². The lowest BCUT2D eigenvalue weighted by Crippen LogP contribution is -2.17. The lowest BCUT2D eigenvalue weighted by molar-refractivity contribution is -0.143. The fourth-order valence-electron chi connectivity index (χ4n) is 1.81. The average Bonchev–Trinajstić information content (AvgIpc) is 2.47. The Balaban J connectivity index is 2.33. The average molecular weight is 281 g/mol. The topological polar surface area (TPSA) is 56.8 Å².